The van der Waals surface area contributed by atoms with Crippen LogP contribution in [0.3, 0.4) is 0 Å². The Morgan fingerprint density at radius 1 is 1.22 bits per heavy atom. The van der Waals surface area contributed by atoms with Crippen LogP contribution in [-0.4, -0.2) is 17.4 Å². The zero-order valence-corrected chi connectivity index (χ0v) is 15.4. The highest BCUT2D eigenvalue weighted by Gasteiger charge is 2.11. The maximum Gasteiger partial charge on any atom is 0.206 e. The Bertz CT molecular complexity index is 892. The molecule has 3 rings (SSSR count). The molecule has 0 N–H and O–H groups in total. The molecule has 0 atom stereocenters. The first-order chi connectivity index (χ1) is 11.2. The smallest absolute Gasteiger partial charge is 0.206 e. The molecule has 0 aliphatic carbocycles. The highest BCUT2D eigenvalue weighted by Crippen LogP contribution is 2.30. The van der Waals surface area contributed by atoms with Crippen molar-refractivity contribution in [2.24, 2.45) is 10.1 Å². The summed E-state index contributed by atoms with van der Waals surface area (Å²) >= 11 is 15.6. The summed E-state index contributed by atoms with van der Waals surface area (Å²) in [5, 5.41) is 11.9. The van der Waals surface area contributed by atoms with Gasteiger partial charge in [-0.15, -0.1) is 11.3 Å². The van der Waals surface area contributed by atoms with E-state index in [1.807, 2.05) is 46.1 Å². The summed E-state index contributed by atoms with van der Waals surface area (Å²) < 4.78 is 1.81. The molecule has 2 aromatic heterocycles. The summed E-state index contributed by atoms with van der Waals surface area (Å²) in [7, 11) is 0. The molecule has 1 aromatic carbocycles. The number of halogens is 2. The Kier molecular flexibility index (Phi) is 5.33. The zero-order chi connectivity index (χ0) is 16.2. The van der Waals surface area contributed by atoms with Crippen molar-refractivity contribution in [2.45, 2.75) is 6.92 Å². The van der Waals surface area contributed by atoms with Gasteiger partial charge in [0.25, 0.3) is 0 Å². The Balaban J connectivity index is 2.14. The highest BCUT2D eigenvalue weighted by molar-refractivity contribution is 7.08. The second-order valence-corrected chi connectivity index (χ2v) is 7.08. The van der Waals surface area contributed by atoms with E-state index in [9.17, 15) is 0 Å². The van der Waals surface area contributed by atoms with E-state index in [4.69, 9.17) is 23.2 Å². The summed E-state index contributed by atoms with van der Waals surface area (Å²) in [6.07, 6.45) is 1.82. The van der Waals surface area contributed by atoms with Gasteiger partial charge in [-0.3, -0.25) is 4.99 Å². The van der Waals surface area contributed by atoms with Crippen LogP contribution in [0, 0.1) is 0 Å². The molecular formula is C16H13Cl2N3S2. The number of thiazole rings is 1. The molecule has 118 valence electrons. The zero-order valence-electron chi connectivity index (χ0n) is 12.2. The topological polar surface area (TPSA) is 29.6 Å². The molecule has 0 spiro atoms. The largest absolute Gasteiger partial charge is 0.258 e. The number of aromatic nitrogens is 1. The van der Waals surface area contributed by atoms with Crippen LogP contribution in [0.2, 0.25) is 10.0 Å². The lowest BCUT2D eigenvalue weighted by atomic mass is 10.2. The molecule has 0 unspecified atom stereocenters. The molecular weight excluding hydrogens is 369 g/mol. The minimum absolute atomic E-state index is 0.634. The fraction of sp³-hybridized carbons (Fsp3) is 0.125. The number of nitrogens with zero attached hydrogens (tertiary/aromatic N) is 3. The number of hydrogen-bond acceptors (Lipinski definition) is 4. The molecule has 0 aliphatic rings. The number of rotatable bonds is 4. The van der Waals surface area contributed by atoms with Crippen molar-refractivity contribution in [3.63, 3.8) is 0 Å². The molecule has 3 nitrogen and oxygen atoms in total. The second kappa shape index (κ2) is 7.45. The quantitative estimate of drug-likeness (QED) is 0.542. The lowest BCUT2D eigenvalue weighted by molar-refractivity contribution is 0.833. The number of thiophene rings is 1. The Morgan fingerprint density at radius 3 is 2.83 bits per heavy atom. The molecule has 0 saturated heterocycles. The van der Waals surface area contributed by atoms with Gasteiger partial charge in [0.05, 0.1) is 16.9 Å². The van der Waals surface area contributed by atoms with Crippen molar-refractivity contribution in [3.8, 4) is 11.3 Å². The molecule has 0 radical (unpaired) electrons. The lowest BCUT2D eigenvalue weighted by Gasteiger charge is -2.06. The average Bonchev–Trinajstić information content (AvgIpc) is 3.18. The van der Waals surface area contributed by atoms with Gasteiger partial charge in [-0.2, -0.15) is 16.4 Å². The Morgan fingerprint density at radius 2 is 2.09 bits per heavy atom. The van der Waals surface area contributed by atoms with Crippen molar-refractivity contribution in [2.75, 3.05) is 6.54 Å². The fourth-order valence-electron chi connectivity index (χ4n) is 2.01. The van der Waals surface area contributed by atoms with Crippen LogP contribution < -0.4 is 4.80 Å². The first-order valence-corrected chi connectivity index (χ1v) is 9.50. The van der Waals surface area contributed by atoms with Crippen LogP contribution in [0.25, 0.3) is 11.3 Å². The third-order valence-corrected chi connectivity index (χ3v) is 5.17. The molecule has 0 bridgehead atoms. The van der Waals surface area contributed by atoms with Crippen molar-refractivity contribution in [3.05, 3.63) is 60.8 Å². The van der Waals surface area contributed by atoms with Crippen molar-refractivity contribution < 1.29 is 0 Å². The van der Waals surface area contributed by atoms with E-state index >= 15 is 0 Å². The van der Waals surface area contributed by atoms with E-state index in [2.05, 4.69) is 10.1 Å². The van der Waals surface area contributed by atoms with Crippen molar-refractivity contribution in [1.29, 1.82) is 0 Å². The highest BCUT2D eigenvalue weighted by atomic mass is 35.5. The lowest BCUT2D eigenvalue weighted by Crippen LogP contribution is -2.12. The van der Waals surface area contributed by atoms with Gasteiger partial charge in [0.2, 0.25) is 4.80 Å². The fourth-order valence-corrected chi connectivity index (χ4v) is 3.90. The van der Waals surface area contributed by atoms with Gasteiger partial charge in [0.15, 0.2) is 0 Å². The molecule has 0 amide bonds. The third-order valence-electron chi connectivity index (χ3n) is 3.05. The van der Waals surface area contributed by atoms with Gasteiger partial charge in [0, 0.05) is 28.1 Å². The second-order valence-electron chi connectivity index (χ2n) is 4.62. The van der Waals surface area contributed by atoms with E-state index in [0.29, 0.717) is 16.6 Å². The first-order valence-electron chi connectivity index (χ1n) is 6.92. The van der Waals surface area contributed by atoms with Crippen LogP contribution in [0.1, 0.15) is 12.5 Å². The number of hydrogen-bond donors (Lipinski definition) is 0. The molecule has 0 fully saturated rings. The van der Waals surface area contributed by atoms with E-state index < -0.39 is 0 Å². The van der Waals surface area contributed by atoms with Crippen LogP contribution in [0.5, 0.6) is 0 Å². The van der Waals surface area contributed by atoms with Crippen molar-refractivity contribution in [1.82, 2.24) is 4.68 Å². The van der Waals surface area contributed by atoms with E-state index in [1.165, 1.54) is 11.3 Å². The maximum atomic E-state index is 6.34. The summed E-state index contributed by atoms with van der Waals surface area (Å²) in [5.74, 6) is 0. The van der Waals surface area contributed by atoms with Crippen LogP contribution in [-0.2, 0) is 0 Å². The molecule has 2 heterocycles. The Labute approximate surface area is 152 Å². The normalized spacial score (nSPS) is 12.4. The van der Waals surface area contributed by atoms with Gasteiger partial charge in [-0.1, -0.05) is 23.2 Å². The van der Waals surface area contributed by atoms with E-state index in [-0.39, 0.29) is 0 Å². The minimum atomic E-state index is 0.634. The SMILES string of the molecule is CCN=c1scc(-c2cc(Cl)ccc2Cl)n1N=Cc1ccsc1. The van der Waals surface area contributed by atoms with E-state index in [1.54, 1.807) is 23.5 Å². The summed E-state index contributed by atoms with van der Waals surface area (Å²) in [6, 6.07) is 7.43. The molecule has 23 heavy (non-hydrogen) atoms. The Hall–Kier alpha value is -1.40. The predicted molar refractivity (Wildman–Crippen MR) is 101 cm³/mol. The van der Waals surface area contributed by atoms with Crippen LogP contribution in [0.4, 0.5) is 0 Å². The third kappa shape index (κ3) is 3.75. The first kappa shape index (κ1) is 16.5. The van der Waals surface area contributed by atoms with Crippen molar-refractivity contribution >= 4 is 52.1 Å². The maximum absolute atomic E-state index is 6.34. The minimum Gasteiger partial charge on any atom is -0.258 e. The molecule has 0 saturated carbocycles. The summed E-state index contributed by atoms with van der Waals surface area (Å²) in [5.41, 5.74) is 2.77. The van der Waals surface area contributed by atoms with Gasteiger partial charge >= 0.3 is 0 Å². The standard InChI is InChI=1S/C16H13Cl2N3S2/c1-2-19-16-21(20-8-11-5-6-22-9-11)15(10-23-16)13-7-12(17)3-4-14(13)18/h3-10H,2H2,1H3. The molecule has 3 aromatic rings. The van der Waals surface area contributed by atoms with Crippen LogP contribution >= 0.6 is 45.9 Å². The monoisotopic (exact) mass is 381 g/mol. The van der Waals surface area contributed by atoms with E-state index in [0.717, 1.165) is 21.6 Å². The van der Waals surface area contributed by atoms with Crippen LogP contribution in [0.15, 0.2) is 50.5 Å². The van der Waals surface area contributed by atoms with Gasteiger partial charge in [-0.05, 0) is 41.9 Å². The summed E-state index contributed by atoms with van der Waals surface area (Å²) in [4.78, 5) is 5.32. The predicted octanol–water partition coefficient (Wildman–Crippen LogP) is 5.39. The van der Waals surface area contributed by atoms with Gasteiger partial charge in [0.1, 0.15) is 0 Å². The van der Waals surface area contributed by atoms with Gasteiger partial charge in [-0.25, -0.2) is 4.68 Å². The molecule has 0 aliphatic heterocycles. The average molecular weight is 382 g/mol. The van der Waals surface area contributed by atoms with Gasteiger partial charge < -0.3 is 0 Å². The summed E-state index contributed by atoms with van der Waals surface area (Å²) in [6.45, 7) is 2.69. The number of benzene rings is 1. The molecule has 7 heteroatoms.